The number of pyridine rings is 1. The molecule has 31 heavy (non-hydrogen) atoms. The van der Waals surface area contributed by atoms with Crippen LogP contribution in [0.3, 0.4) is 0 Å². The Labute approximate surface area is 185 Å². The SMILES string of the molecule is COc1cccc(OC)c1C(=O)Nc1cccc(SC(C)C(=O)Nc2ccccn2)c1. The van der Waals surface area contributed by atoms with Crippen molar-refractivity contribution < 1.29 is 19.1 Å². The molecule has 2 aromatic carbocycles. The van der Waals surface area contributed by atoms with Gasteiger partial charge in [0.2, 0.25) is 5.91 Å². The van der Waals surface area contributed by atoms with Gasteiger partial charge in [-0.25, -0.2) is 4.98 Å². The van der Waals surface area contributed by atoms with Crippen LogP contribution in [0.25, 0.3) is 0 Å². The van der Waals surface area contributed by atoms with Crippen molar-refractivity contribution in [1.29, 1.82) is 0 Å². The molecule has 7 nitrogen and oxygen atoms in total. The van der Waals surface area contributed by atoms with Gasteiger partial charge in [0.05, 0.1) is 19.5 Å². The van der Waals surface area contributed by atoms with Crippen LogP contribution in [0.2, 0.25) is 0 Å². The molecule has 0 aliphatic rings. The molecule has 3 aromatic rings. The molecule has 0 bridgehead atoms. The van der Waals surface area contributed by atoms with Crippen LogP contribution in [0.5, 0.6) is 11.5 Å². The van der Waals surface area contributed by atoms with Gasteiger partial charge in [0, 0.05) is 16.8 Å². The summed E-state index contributed by atoms with van der Waals surface area (Å²) in [5, 5.41) is 5.30. The minimum Gasteiger partial charge on any atom is -0.496 e. The van der Waals surface area contributed by atoms with Gasteiger partial charge in [0.1, 0.15) is 22.9 Å². The van der Waals surface area contributed by atoms with E-state index in [0.29, 0.717) is 28.6 Å². The maximum atomic E-state index is 12.9. The van der Waals surface area contributed by atoms with Crippen LogP contribution < -0.4 is 20.1 Å². The molecule has 2 amide bonds. The Kier molecular flexibility index (Phi) is 7.50. The highest BCUT2D eigenvalue weighted by atomic mass is 32.2. The van der Waals surface area contributed by atoms with Gasteiger partial charge < -0.3 is 20.1 Å². The number of nitrogens with one attached hydrogen (secondary N) is 2. The molecule has 2 N–H and O–H groups in total. The zero-order valence-corrected chi connectivity index (χ0v) is 18.2. The maximum absolute atomic E-state index is 12.9. The highest BCUT2D eigenvalue weighted by molar-refractivity contribution is 8.00. The van der Waals surface area contributed by atoms with Crippen molar-refractivity contribution in [2.24, 2.45) is 0 Å². The van der Waals surface area contributed by atoms with Crippen LogP contribution in [0.1, 0.15) is 17.3 Å². The van der Waals surface area contributed by atoms with Gasteiger partial charge in [-0.3, -0.25) is 9.59 Å². The Hall–Kier alpha value is -3.52. The molecule has 0 fully saturated rings. The number of amides is 2. The largest absolute Gasteiger partial charge is 0.496 e. The van der Waals surface area contributed by atoms with Gasteiger partial charge in [-0.05, 0) is 49.4 Å². The molecule has 8 heteroatoms. The Balaban J connectivity index is 1.69. The first-order valence-corrected chi connectivity index (χ1v) is 10.4. The number of hydrogen-bond donors (Lipinski definition) is 2. The number of ether oxygens (including phenoxy) is 2. The summed E-state index contributed by atoms with van der Waals surface area (Å²) in [5.41, 5.74) is 0.911. The number of rotatable bonds is 8. The minimum atomic E-state index is -0.359. The van der Waals surface area contributed by atoms with Crippen LogP contribution in [0.4, 0.5) is 11.5 Å². The number of benzene rings is 2. The summed E-state index contributed by atoms with van der Waals surface area (Å²) in [7, 11) is 3.00. The van der Waals surface area contributed by atoms with E-state index in [4.69, 9.17) is 9.47 Å². The van der Waals surface area contributed by atoms with Gasteiger partial charge in [0.15, 0.2) is 0 Å². The zero-order valence-electron chi connectivity index (χ0n) is 17.4. The second-order valence-corrected chi connectivity index (χ2v) is 7.90. The van der Waals surface area contributed by atoms with Crippen molar-refractivity contribution >= 4 is 35.1 Å². The molecule has 0 aliphatic heterocycles. The number of anilines is 2. The van der Waals surface area contributed by atoms with Crippen LogP contribution >= 0.6 is 11.8 Å². The summed E-state index contributed by atoms with van der Waals surface area (Å²) in [4.78, 5) is 30.2. The number of methoxy groups -OCH3 is 2. The van der Waals surface area contributed by atoms with E-state index in [9.17, 15) is 9.59 Å². The molecule has 1 unspecified atom stereocenters. The maximum Gasteiger partial charge on any atom is 0.263 e. The number of thioether (sulfide) groups is 1. The first kappa shape index (κ1) is 22.2. The lowest BCUT2D eigenvalue weighted by atomic mass is 10.1. The lowest BCUT2D eigenvalue weighted by Crippen LogP contribution is -2.22. The van der Waals surface area contributed by atoms with E-state index in [0.717, 1.165) is 4.90 Å². The third kappa shape index (κ3) is 5.76. The molecule has 0 aliphatic carbocycles. The van der Waals surface area contributed by atoms with E-state index in [-0.39, 0.29) is 17.1 Å². The summed E-state index contributed by atoms with van der Waals surface area (Å²) in [6.07, 6.45) is 1.62. The van der Waals surface area contributed by atoms with Gasteiger partial charge >= 0.3 is 0 Å². The monoisotopic (exact) mass is 437 g/mol. The van der Waals surface area contributed by atoms with Crippen molar-refractivity contribution in [2.75, 3.05) is 24.9 Å². The highest BCUT2D eigenvalue weighted by Gasteiger charge is 2.19. The summed E-state index contributed by atoms with van der Waals surface area (Å²) >= 11 is 1.38. The predicted molar refractivity (Wildman–Crippen MR) is 122 cm³/mol. The predicted octanol–water partition coefficient (Wildman–Crippen LogP) is 4.47. The molecular formula is C23H23N3O4S. The number of carbonyl (C=O) groups excluding carboxylic acids is 2. The number of carbonyl (C=O) groups is 2. The topological polar surface area (TPSA) is 89.5 Å². The Morgan fingerprint density at radius 2 is 1.65 bits per heavy atom. The van der Waals surface area contributed by atoms with Crippen molar-refractivity contribution in [3.63, 3.8) is 0 Å². The van der Waals surface area contributed by atoms with Gasteiger partial charge in [-0.15, -0.1) is 11.8 Å². The van der Waals surface area contributed by atoms with Crippen LogP contribution in [-0.4, -0.2) is 36.3 Å². The Morgan fingerprint density at radius 3 is 2.29 bits per heavy atom. The van der Waals surface area contributed by atoms with Crippen molar-refractivity contribution in [3.8, 4) is 11.5 Å². The summed E-state index contributed by atoms with van der Waals surface area (Å²) in [6, 6.07) is 17.8. The molecule has 0 spiro atoms. The lowest BCUT2D eigenvalue weighted by molar-refractivity contribution is -0.115. The first-order valence-electron chi connectivity index (χ1n) is 9.52. The van der Waals surface area contributed by atoms with E-state index in [2.05, 4.69) is 15.6 Å². The third-order valence-electron chi connectivity index (χ3n) is 4.35. The molecular weight excluding hydrogens is 414 g/mol. The first-order chi connectivity index (χ1) is 15.0. The quantitative estimate of drug-likeness (QED) is 0.506. The van der Waals surface area contributed by atoms with Gasteiger partial charge in [-0.1, -0.05) is 18.2 Å². The summed E-state index contributed by atoms with van der Waals surface area (Å²) < 4.78 is 10.6. The van der Waals surface area contributed by atoms with E-state index in [1.54, 1.807) is 42.6 Å². The molecule has 1 aromatic heterocycles. The molecule has 0 saturated heterocycles. The molecule has 160 valence electrons. The van der Waals surface area contributed by atoms with E-state index in [1.807, 2.05) is 31.2 Å². The fourth-order valence-electron chi connectivity index (χ4n) is 2.84. The van der Waals surface area contributed by atoms with Crippen molar-refractivity contribution in [1.82, 2.24) is 4.98 Å². The number of aromatic nitrogens is 1. The lowest BCUT2D eigenvalue weighted by Gasteiger charge is -2.14. The Bertz CT molecular complexity index is 1040. The fraction of sp³-hybridized carbons (Fsp3) is 0.174. The fourth-order valence-corrected chi connectivity index (χ4v) is 3.76. The molecule has 3 rings (SSSR count). The highest BCUT2D eigenvalue weighted by Crippen LogP contribution is 2.30. The summed E-state index contributed by atoms with van der Waals surface area (Å²) in [6.45, 7) is 1.81. The van der Waals surface area contributed by atoms with Gasteiger partial charge in [0.25, 0.3) is 5.91 Å². The second-order valence-electron chi connectivity index (χ2n) is 6.48. The van der Waals surface area contributed by atoms with E-state index in [1.165, 1.54) is 26.0 Å². The average molecular weight is 438 g/mol. The molecule has 1 atom stereocenters. The standard InChI is InChI=1S/C23H23N3O4S/c1-15(22(27)26-20-12-4-5-13-24-20)31-17-9-6-8-16(14-17)25-23(28)21-18(29-2)10-7-11-19(21)30-3/h4-15H,1-3H3,(H,25,28)(H,24,26,27). The van der Waals surface area contributed by atoms with E-state index >= 15 is 0 Å². The minimum absolute atomic E-state index is 0.156. The van der Waals surface area contributed by atoms with Crippen molar-refractivity contribution in [3.05, 3.63) is 72.4 Å². The number of nitrogens with zero attached hydrogens (tertiary/aromatic N) is 1. The number of hydrogen-bond acceptors (Lipinski definition) is 6. The Morgan fingerprint density at radius 1 is 0.935 bits per heavy atom. The van der Waals surface area contributed by atoms with Crippen LogP contribution in [0, 0.1) is 0 Å². The second kappa shape index (κ2) is 10.5. The molecule has 1 heterocycles. The zero-order chi connectivity index (χ0) is 22.2. The van der Waals surface area contributed by atoms with Crippen LogP contribution in [-0.2, 0) is 4.79 Å². The third-order valence-corrected chi connectivity index (χ3v) is 5.44. The molecule has 0 radical (unpaired) electrons. The van der Waals surface area contributed by atoms with Crippen molar-refractivity contribution in [2.45, 2.75) is 17.1 Å². The van der Waals surface area contributed by atoms with Gasteiger partial charge in [-0.2, -0.15) is 0 Å². The van der Waals surface area contributed by atoms with Crippen LogP contribution in [0.15, 0.2) is 71.8 Å². The normalized spacial score (nSPS) is 11.3. The summed E-state index contributed by atoms with van der Waals surface area (Å²) in [5.74, 6) is 0.838. The average Bonchev–Trinajstić information content (AvgIpc) is 2.79. The molecule has 0 saturated carbocycles. The smallest absolute Gasteiger partial charge is 0.263 e. The van der Waals surface area contributed by atoms with E-state index < -0.39 is 0 Å².